The summed E-state index contributed by atoms with van der Waals surface area (Å²) in [4.78, 5) is 79.1. The molecule has 0 spiro atoms. The Hall–Kier alpha value is -5.96. The first-order chi connectivity index (χ1) is 32.1. The van der Waals surface area contributed by atoms with Gasteiger partial charge in [-0.3, -0.25) is 18.0 Å². The van der Waals surface area contributed by atoms with Crippen molar-refractivity contribution in [2.45, 2.75) is 50.5 Å². The molecule has 356 valence electrons. The van der Waals surface area contributed by atoms with Crippen molar-refractivity contribution < 1.29 is 84.3 Å². The van der Waals surface area contributed by atoms with E-state index in [4.69, 9.17) is 37.7 Å². The molecule has 1 aliphatic rings. The maximum atomic E-state index is 13.6. The van der Waals surface area contributed by atoms with Crippen molar-refractivity contribution in [1.29, 1.82) is 0 Å². The number of hydrogen-bond donors (Lipinski definition) is 1. The zero-order valence-electron chi connectivity index (χ0n) is 35.6. The van der Waals surface area contributed by atoms with Crippen molar-refractivity contribution in [1.82, 2.24) is 19.5 Å². The Morgan fingerprint density at radius 1 is 0.761 bits per heavy atom. The number of nitrogens with one attached hydrogen (secondary N) is 1. The highest BCUT2D eigenvalue weighted by Crippen LogP contribution is 2.63. The fourth-order valence-corrected chi connectivity index (χ4v) is 10.9. The number of ether oxygens (including phenoxy) is 7. The molecule has 0 radical (unpaired) electrons. The number of methoxy groups -OCH3 is 2. The summed E-state index contributed by atoms with van der Waals surface area (Å²) in [6.45, 7) is 1.30. The van der Waals surface area contributed by atoms with Gasteiger partial charge >= 0.3 is 12.3 Å². The molecule has 2 aromatic heterocycles. The quantitative estimate of drug-likeness (QED) is 0.0396. The third kappa shape index (κ3) is 12.7. The maximum absolute atomic E-state index is 13.6. The molecule has 1 aliphatic heterocycles. The SMILES string of the molecule is CCCCNc1ncnc2c1ncn2[C@@H]1O[C@H](COP(=O)([O-])OP(=O)([O-])OP(=O)([O-])Cc2cccc3ccccc23)[C@H](OC(=O)Oc2cccc(OC)c2)C1OC(=O)Oc1cccc(OC)c1. The van der Waals surface area contributed by atoms with Crippen LogP contribution in [0.3, 0.4) is 0 Å². The van der Waals surface area contributed by atoms with E-state index in [1.807, 2.05) is 6.92 Å². The Bertz CT molecular complexity index is 2860. The van der Waals surface area contributed by atoms with Crippen LogP contribution < -0.4 is 38.9 Å². The van der Waals surface area contributed by atoms with Gasteiger partial charge in [-0.05, 0) is 47.0 Å². The summed E-state index contributed by atoms with van der Waals surface area (Å²) in [5.41, 5.74) is 0.488. The summed E-state index contributed by atoms with van der Waals surface area (Å²) in [6, 6.07) is 23.0. The first-order valence-corrected chi connectivity index (χ1v) is 24.8. The lowest BCUT2D eigenvalue weighted by Gasteiger charge is -2.35. The molecule has 0 bridgehead atoms. The number of carbonyl (C=O) groups excluding carboxylic acids is 2. The zero-order chi connectivity index (χ0) is 47.8. The topological polar surface area (TPSA) is 302 Å². The van der Waals surface area contributed by atoms with Gasteiger partial charge in [0, 0.05) is 24.8 Å². The highest BCUT2D eigenvalue weighted by atomic mass is 31.3. The molecular weight excluding hydrogens is 943 g/mol. The number of phosphoric ester groups is 1. The Labute approximate surface area is 381 Å². The number of benzene rings is 4. The average Bonchev–Trinajstić information content (AvgIpc) is 3.86. The molecule has 4 unspecified atom stereocenters. The molecule has 1 fully saturated rings. The number of carbonyl (C=O) groups is 2. The van der Waals surface area contributed by atoms with Gasteiger partial charge in [0.15, 0.2) is 35.4 Å². The summed E-state index contributed by atoms with van der Waals surface area (Å²) < 4.78 is 92.4. The smallest absolute Gasteiger partial charge is 0.514 e. The van der Waals surface area contributed by atoms with Crippen LogP contribution in [-0.2, 0) is 47.2 Å². The molecule has 7 rings (SSSR count). The normalized spacial score (nSPS) is 19.7. The van der Waals surface area contributed by atoms with Gasteiger partial charge in [-0.15, -0.1) is 0 Å². The molecule has 6 aromatic rings. The van der Waals surface area contributed by atoms with Crippen LogP contribution in [0.1, 0.15) is 31.6 Å². The van der Waals surface area contributed by atoms with Gasteiger partial charge in [-0.25, -0.2) is 28.9 Å². The van der Waals surface area contributed by atoms with Gasteiger partial charge in [0.05, 0.1) is 27.2 Å². The number of unbranched alkanes of at least 4 members (excludes halogenated alkanes) is 1. The Balaban J connectivity index is 1.17. The Kier molecular flexibility index (Phi) is 15.6. The van der Waals surface area contributed by atoms with Crippen LogP contribution in [0.5, 0.6) is 23.0 Å². The van der Waals surface area contributed by atoms with Crippen LogP contribution in [0.15, 0.2) is 104 Å². The molecule has 7 atom stereocenters. The van der Waals surface area contributed by atoms with Gasteiger partial charge in [0.25, 0.3) is 15.6 Å². The average molecular weight is 985 g/mol. The standard InChI is InChI=1S/C41H44N5O18P3/c1-4-5-19-42-37-34-38(44-24-43-37)46(25-45-34)39-36(62-41(48)59-31-17-10-15-29(21-31)56-3)35(61-40(47)58-30-16-9-14-28(20-30)55-2)33(60-39)22-57-66(51,52)64-67(53,54)63-65(49,50)23-27-13-8-12-26-11-6-7-18-32(26)27/h6-18,20-21,24-25,33,35-36,39H,4-5,19,22-23H2,1-3H3,(H,49,50)(H,51,52)(H,53,54)(H,42,43,44)/p-3/t33-,35+,36?,39-/m1/s1. The summed E-state index contributed by atoms with van der Waals surface area (Å²) in [7, 11) is -15.0. The van der Waals surface area contributed by atoms with Crippen LogP contribution in [0.25, 0.3) is 21.9 Å². The van der Waals surface area contributed by atoms with Crippen LogP contribution in [0.4, 0.5) is 15.4 Å². The molecule has 67 heavy (non-hydrogen) atoms. The van der Waals surface area contributed by atoms with E-state index in [-0.39, 0.29) is 28.2 Å². The minimum atomic E-state index is -6.25. The van der Waals surface area contributed by atoms with E-state index in [9.17, 15) is 38.0 Å². The number of aromatic nitrogens is 4. The molecule has 23 nitrogen and oxygen atoms in total. The first kappa shape index (κ1) is 49.0. The van der Waals surface area contributed by atoms with Gasteiger partial charge < -0.3 is 62.2 Å². The number of nitrogens with zero attached hydrogens (tertiary/aromatic N) is 4. The van der Waals surface area contributed by atoms with E-state index >= 15 is 0 Å². The minimum absolute atomic E-state index is 0.0355. The molecular formula is C41H41N5O18P3-3. The van der Waals surface area contributed by atoms with Crippen LogP contribution in [-0.4, -0.2) is 77.5 Å². The number of anilines is 1. The van der Waals surface area contributed by atoms with Crippen molar-refractivity contribution in [3.05, 3.63) is 109 Å². The van der Waals surface area contributed by atoms with Gasteiger partial charge in [-0.1, -0.05) is 67.9 Å². The largest absolute Gasteiger partial charge is 0.778 e. The fourth-order valence-electron chi connectivity index (χ4n) is 6.82. The number of phosphoric acid groups is 2. The maximum Gasteiger partial charge on any atom is 0.514 e. The lowest BCUT2D eigenvalue weighted by atomic mass is 10.1. The van der Waals surface area contributed by atoms with Crippen LogP contribution >= 0.6 is 23.2 Å². The summed E-state index contributed by atoms with van der Waals surface area (Å²) >= 11 is 0. The fraction of sp³-hybridized carbons (Fsp3) is 0.293. The predicted molar refractivity (Wildman–Crippen MR) is 229 cm³/mol. The number of rotatable bonds is 20. The number of imidazole rings is 1. The van der Waals surface area contributed by atoms with Crippen LogP contribution in [0, 0.1) is 0 Å². The molecule has 0 aliphatic carbocycles. The second kappa shape index (κ2) is 21.3. The molecule has 4 aromatic carbocycles. The van der Waals surface area contributed by atoms with Gasteiger partial charge in [0.1, 0.15) is 43.0 Å². The van der Waals surface area contributed by atoms with E-state index in [2.05, 4.69) is 28.9 Å². The van der Waals surface area contributed by atoms with Crippen molar-refractivity contribution in [2.75, 3.05) is 32.7 Å². The molecule has 0 amide bonds. The van der Waals surface area contributed by atoms with E-state index < -0.39 is 72.9 Å². The molecule has 1 N–H and O–H groups in total. The summed E-state index contributed by atoms with van der Waals surface area (Å²) in [5.74, 6) is 0.842. The number of hydrogen-bond acceptors (Lipinski definition) is 22. The number of fused-ring (bicyclic) bond motifs is 2. The lowest BCUT2D eigenvalue weighted by molar-refractivity contribution is -0.246. The molecule has 1 saturated heterocycles. The second-order valence-electron chi connectivity index (χ2n) is 14.4. The highest BCUT2D eigenvalue weighted by Gasteiger charge is 2.52. The Morgan fingerprint density at radius 3 is 2.06 bits per heavy atom. The lowest BCUT2D eigenvalue weighted by Crippen LogP contribution is -2.42. The molecule has 3 heterocycles. The summed E-state index contributed by atoms with van der Waals surface area (Å²) in [6.07, 6.45) is -6.70. The minimum Gasteiger partial charge on any atom is -0.778 e. The third-order valence-electron chi connectivity index (χ3n) is 9.76. The van der Waals surface area contributed by atoms with Crippen molar-refractivity contribution >= 4 is 63.3 Å². The van der Waals surface area contributed by atoms with Gasteiger partial charge in [-0.2, -0.15) is 0 Å². The zero-order valence-corrected chi connectivity index (χ0v) is 38.3. The monoisotopic (exact) mass is 984 g/mol. The Morgan fingerprint density at radius 2 is 1.39 bits per heavy atom. The summed E-state index contributed by atoms with van der Waals surface area (Å²) in [5, 5.41) is 4.28. The molecule has 0 saturated carbocycles. The van der Waals surface area contributed by atoms with Crippen molar-refractivity contribution in [3.8, 4) is 23.0 Å². The molecule has 26 heteroatoms. The third-order valence-corrected chi connectivity index (χ3v) is 14.3. The van der Waals surface area contributed by atoms with E-state index in [1.165, 1.54) is 73.9 Å². The van der Waals surface area contributed by atoms with Gasteiger partial charge in [0.2, 0.25) is 0 Å². The van der Waals surface area contributed by atoms with Crippen molar-refractivity contribution in [2.24, 2.45) is 0 Å². The van der Waals surface area contributed by atoms with E-state index in [1.54, 1.807) is 48.5 Å². The predicted octanol–water partition coefficient (Wildman–Crippen LogP) is 6.01. The first-order valence-electron chi connectivity index (χ1n) is 20.1. The van der Waals surface area contributed by atoms with Crippen LogP contribution in [0.2, 0.25) is 0 Å². The van der Waals surface area contributed by atoms with E-state index in [0.29, 0.717) is 34.6 Å². The van der Waals surface area contributed by atoms with E-state index in [0.717, 1.165) is 12.8 Å². The highest BCUT2D eigenvalue weighted by molar-refractivity contribution is 7.66. The second-order valence-corrected chi connectivity index (χ2v) is 19.3. The van der Waals surface area contributed by atoms with Crippen molar-refractivity contribution in [3.63, 3.8) is 0 Å².